The third-order valence-corrected chi connectivity index (χ3v) is 2.64. The highest BCUT2D eigenvalue weighted by atomic mass is 16.4. The smallest absolute Gasteiger partial charge is 0.335 e. The SMILES string of the molecule is O=C(O)c1cccc(-c2cn3ncccc3n2)c1. The zero-order valence-electron chi connectivity index (χ0n) is 9.32. The van der Waals surface area contributed by atoms with Gasteiger partial charge in [0.15, 0.2) is 5.65 Å². The van der Waals surface area contributed by atoms with E-state index in [-0.39, 0.29) is 5.56 Å². The summed E-state index contributed by atoms with van der Waals surface area (Å²) in [5.74, 6) is -0.946. The molecule has 0 bridgehead atoms. The van der Waals surface area contributed by atoms with Gasteiger partial charge >= 0.3 is 5.97 Å². The highest BCUT2D eigenvalue weighted by molar-refractivity contribution is 5.89. The molecule has 1 N–H and O–H groups in total. The number of imidazole rings is 1. The van der Waals surface area contributed by atoms with Gasteiger partial charge in [-0.2, -0.15) is 5.10 Å². The molecule has 2 heterocycles. The fraction of sp³-hybridized carbons (Fsp3) is 0. The van der Waals surface area contributed by atoms with E-state index in [9.17, 15) is 4.79 Å². The highest BCUT2D eigenvalue weighted by Crippen LogP contribution is 2.19. The molecule has 0 saturated heterocycles. The topological polar surface area (TPSA) is 67.5 Å². The first-order chi connectivity index (χ1) is 8.74. The second kappa shape index (κ2) is 3.96. The Labute approximate surface area is 102 Å². The standard InChI is InChI=1S/C13H9N3O2/c17-13(18)10-4-1-3-9(7-10)11-8-16-12(15-11)5-2-6-14-16/h1-8H,(H,17,18). The Balaban J connectivity index is 2.13. The van der Waals surface area contributed by atoms with Crippen molar-refractivity contribution in [2.45, 2.75) is 0 Å². The van der Waals surface area contributed by atoms with E-state index in [2.05, 4.69) is 10.1 Å². The van der Waals surface area contributed by atoms with Crippen LogP contribution < -0.4 is 0 Å². The van der Waals surface area contributed by atoms with Crippen molar-refractivity contribution in [2.24, 2.45) is 0 Å². The summed E-state index contributed by atoms with van der Waals surface area (Å²) in [6, 6.07) is 10.3. The van der Waals surface area contributed by atoms with E-state index in [1.54, 1.807) is 41.2 Å². The van der Waals surface area contributed by atoms with Crippen LogP contribution in [0.1, 0.15) is 10.4 Å². The van der Waals surface area contributed by atoms with Crippen LogP contribution in [0.3, 0.4) is 0 Å². The molecular weight excluding hydrogens is 230 g/mol. The van der Waals surface area contributed by atoms with Crippen molar-refractivity contribution < 1.29 is 9.90 Å². The molecule has 18 heavy (non-hydrogen) atoms. The van der Waals surface area contributed by atoms with Crippen LogP contribution in [-0.4, -0.2) is 25.7 Å². The van der Waals surface area contributed by atoms with E-state index in [1.165, 1.54) is 0 Å². The Morgan fingerprint density at radius 3 is 2.89 bits per heavy atom. The molecule has 3 aromatic rings. The Kier molecular flexibility index (Phi) is 2.30. The van der Waals surface area contributed by atoms with Gasteiger partial charge in [-0.15, -0.1) is 0 Å². The molecule has 0 aliphatic rings. The summed E-state index contributed by atoms with van der Waals surface area (Å²) in [7, 11) is 0. The van der Waals surface area contributed by atoms with E-state index in [0.29, 0.717) is 5.69 Å². The molecule has 0 radical (unpaired) electrons. The van der Waals surface area contributed by atoms with Gasteiger partial charge in [-0.1, -0.05) is 12.1 Å². The molecule has 0 aliphatic heterocycles. The first-order valence-corrected chi connectivity index (χ1v) is 5.38. The van der Waals surface area contributed by atoms with Gasteiger partial charge in [0.1, 0.15) is 0 Å². The molecule has 1 aromatic carbocycles. The minimum absolute atomic E-state index is 0.248. The summed E-state index contributed by atoms with van der Waals surface area (Å²) in [4.78, 5) is 15.3. The van der Waals surface area contributed by atoms with Crippen LogP contribution in [0.15, 0.2) is 48.8 Å². The van der Waals surface area contributed by atoms with E-state index >= 15 is 0 Å². The Morgan fingerprint density at radius 1 is 1.22 bits per heavy atom. The van der Waals surface area contributed by atoms with Crippen LogP contribution in [0.2, 0.25) is 0 Å². The number of carbonyl (C=O) groups is 1. The largest absolute Gasteiger partial charge is 0.478 e. The van der Waals surface area contributed by atoms with Crippen molar-refractivity contribution >= 4 is 11.6 Å². The van der Waals surface area contributed by atoms with E-state index < -0.39 is 5.97 Å². The van der Waals surface area contributed by atoms with Crippen LogP contribution in [0.25, 0.3) is 16.9 Å². The van der Waals surface area contributed by atoms with Gasteiger partial charge in [0.25, 0.3) is 0 Å². The molecule has 0 atom stereocenters. The minimum atomic E-state index is -0.946. The first-order valence-electron chi connectivity index (χ1n) is 5.38. The van der Waals surface area contributed by atoms with E-state index in [1.807, 2.05) is 12.1 Å². The molecule has 3 rings (SSSR count). The molecule has 0 unspecified atom stereocenters. The number of aromatic carboxylic acids is 1. The molecule has 5 nitrogen and oxygen atoms in total. The average molecular weight is 239 g/mol. The van der Waals surface area contributed by atoms with Gasteiger partial charge < -0.3 is 5.11 Å². The lowest BCUT2D eigenvalue weighted by Gasteiger charge is -1.98. The summed E-state index contributed by atoms with van der Waals surface area (Å²) in [5.41, 5.74) is 2.45. The Bertz CT molecular complexity index is 701. The predicted octanol–water partition coefficient (Wildman–Crippen LogP) is 2.09. The van der Waals surface area contributed by atoms with Crippen molar-refractivity contribution in [3.05, 3.63) is 54.4 Å². The van der Waals surface area contributed by atoms with Crippen LogP contribution in [0.5, 0.6) is 0 Å². The van der Waals surface area contributed by atoms with Crippen LogP contribution in [0.4, 0.5) is 0 Å². The number of carboxylic acid groups (broad SMARTS) is 1. The predicted molar refractivity (Wildman–Crippen MR) is 65.4 cm³/mol. The van der Waals surface area contributed by atoms with Crippen molar-refractivity contribution in [3.8, 4) is 11.3 Å². The molecule has 0 fully saturated rings. The molecule has 2 aromatic heterocycles. The summed E-state index contributed by atoms with van der Waals surface area (Å²) in [6.45, 7) is 0. The van der Waals surface area contributed by atoms with Gasteiger partial charge in [0.05, 0.1) is 17.5 Å². The average Bonchev–Trinajstić information content (AvgIpc) is 2.82. The zero-order chi connectivity index (χ0) is 12.5. The molecular formula is C13H9N3O2. The first kappa shape index (κ1) is 10.5. The number of rotatable bonds is 2. The fourth-order valence-corrected chi connectivity index (χ4v) is 1.78. The minimum Gasteiger partial charge on any atom is -0.478 e. The van der Waals surface area contributed by atoms with Crippen molar-refractivity contribution in [3.63, 3.8) is 0 Å². The second-order valence-electron chi connectivity index (χ2n) is 3.84. The lowest BCUT2D eigenvalue weighted by molar-refractivity contribution is 0.0697. The second-order valence-corrected chi connectivity index (χ2v) is 3.84. The molecule has 5 heteroatoms. The quantitative estimate of drug-likeness (QED) is 0.743. The zero-order valence-corrected chi connectivity index (χ0v) is 9.32. The molecule has 0 spiro atoms. The van der Waals surface area contributed by atoms with Crippen molar-refractivity contribution in [1.82, 2.24) is 14.6 Å². The number of benzene rings is 1. The number of fused-ring (bicyclic) bond motifs is 1. The van der Waals surface area contributed by atoms with Crippen LogP contribution in [0, 0.1) is 0 Å². The molecule has 88 valence electrons. The number of carboxylic acids is 1. The van der Waals surface area contributed by atoms with Gasteiger partial charge in [-0.05, 0) is 24.3 Å². The lowest BCUT2D eigenvalue weighted by Crippen LogP contribution is -1.95. The normalized spacial score (nSPS) is 10.7. The van der Waals surface area contributed by atoms with Gasteiger partial charge in [-0.25, -0.2) is 14.3 Å². The number of aromatic nitrogens is 3. The van der Waals surface area contributed by atoms with Crippen molar-refractivity contribution in [1.29, 1.82) is 0 Å². The highest BCUT2D eigenvalue weighted by Gasteiger charge is 2.08. The Hall–Kier alpha value is -2.69. The number of hydrogen-bond donors (Lipinski definition) is 1. The monoisotopic (exact) mass is 239 g/mol. The third kappa shape index (κ3) is 1.71. The van der Waals surface area contributed by atoms with Crippen molar-refractivity contribution in [2.75, 3.05) is 0 Å². The van der Waals surface area contributed by atoms with Gasteiger partial charge in [0.2, 0.25) is 0 Å². The molecule has 0 aliphatic carbocycles. The fourth-order valence-electron chi connectivity index (χ4n) is 1.78. The summed E-state index contributed by atoms with van der Waals surface area (Å²) < 4.78 is 1.66. The van der Waals surface area contributed by atoms with E-state index in [4.69, 9.17) is 5.11 Å². The summed E-state index contributed by atoms with van der Waals surface area (Å²) in [6.07, 6.45) is 3.45. The summed E-state index contributed by atoms with van der Waals surface area (Å²) in [5, 5.41) is 13.1. The maximum Gasteiger partial charge on any atom is 0.335 e. The maximum absolute atomic E-state index is 10.9. The number of hydrogen-bond acceptors (Lipinski definition) is 3. The molecule has 0 amide bonds. The molecule has 0 saturated carbocycles. The summed E-state index contributed by atoms with van der Waals surface area (Å²) >= 11 is 0. The number of nitrogens with zero attached hydrogens (tertiary/aromatic N) is 3. The lowest BCUT2D eigenvalue weighted by atomic mass is 10.1. The van der Waals surface area contributed by atoms with Crippen LogP contribution in [-0.2, 0) is 0 Å². The maximum atomic E-state index is 10.9. The Morgan fingerprint density at radius 2 is 2.11 bits per heavy atom. The third-order valence-electron chi connectivity index (χ3n) is 2.64. The van der Waals surface area contributed by atoms with E-state index in [0.717, 1.165) is 11.2 Å². The van der Waals surface area contributed by atoms with Crippen LogP contribution >= 0.6 is 0 Å². The van der Waals surface area contributed by atoms with Gasteiger partial charge in [-0.3, -0.25) is 0 Å². The van der Waals surface area contributed by atoms with Gasteiger partial charge in [0, 0.05) is 11.8 Å².